The maximum Gasteiger partial charge on any atom is 0.472 e. The number of esters is 2. The molecule has 0 rings (SSSR count). The summed E-state index contributed by atoms with van der Waals surface area (Å²) in [4.78, 5) is 35.4. The molecule has 58 heavy (non-hydrogen) atoms. The van der Waals surface area contributed by atoms with Gasteiger partial charge in [-0.1, -0.05) is 167 Å². The molecule has 342 valence electrons. The van der Waals surface area contributed by atoms with Crippen LogP contribution in [0.15, 0.2) is 24.3 Å². The van der Waals surface area contributed by atoms with Crippen molar-refractivity contribution < 1.29 is 42.1 Å². The zero-order valence-corrected chi connectivity index (χ0v) is 39.4. The largest absolute Gasteiger partial charge is 0.472 e. The molecule has 0 aliphatic heterocycles. The number of quaternary nitrogens is 1. The molecular formula is C48H93NO8P+. The summed E-state index contributed by atoms with van der Waals surface area (Å²) in [6.07, 6.45) is 45.1. The van der Waals surface area contributed by atoms with E-state index in [9.17, 15) is 19.0 Å². The number of allylic oxidation sites excluding steroid dienone is 4. The van der Waals surface area contributed by atoms with Crippen LogP contribution in [0.4, 0.5) is 0 Å². The van der Waals surface area contributed by atoms with Crippen LogP contribution in [0.5, 0.6) is 0 Å². The molecule has 2 atom stereocenters. The third kappa shape index (κ3) is 44.1. The predicted octanol–water partition coefficient (Wildman–Crippen LogP) is 13.9. The standard InChI is InChI=1S/C48H92NO8P/c1-6-8-10-12-14-16-18-20-21-22-23-24-25-26-27-29-30-32-34-36-38-40-47(50)54-44-46(45-56-58(52,53)55-43-42-49(3,4)5)57-48(51)41-39-37-35-33-31-28-19-17-15-13-11-9-7-2/h17,19-21,46H,6-16,18,22-45H2,1-5H3/p+1/b19-17+,21-20+/t46-/m0/s1. The average Bonchev–Trinajstić information content (AvgIpc) is 3.17. The molecule has 0 heterocycles. The molecule has 0 aromatic rings. The number of carbonyl (C=O) groups is 2. The highest BCUT2D eigenvalue weighted by atomic mass is 31.2. The molecule has 0 aliphatic rings. The van der Waals surface area contributed by atoms with Gasteiger partial charge in [0.05, 0.1) is 27.7 Å². The number of rotatable bonds is 44. The summed E-state index contributed by atoms with van der Waals surface area (Å²) in [6.45, 7) is 4.41. The number of hydrogen-bond donors (Lipinski definition) is 1. The highest BCUT2D eigenvalue weighted by Crippen LogP contribution is 2.43. The number of hydrogen-bond acceptors (Lipinski definition) is 7. The van der Waals surface area contributed by atoms with Crippen LogP contribution in [0.3, 0.4) is 0 Å². The first kappa shape index (κ1) is 56.5. The maximum atomic E-state index is 12.7. The molecule has 0 fully saturated rings. The Kier molecular flexibility index (Phi) is 39.8. The van der Waals surface area contributed by atoms with E-state index >= 15 is 0 Å². The summed E-state index contributed by atoms with van der Waals surface area (Å²) in [6, 6.07) is 0. The molecule has 0 saturated carbocycles. The van der Waals surface area contributed by atoms with Gasteiger partial charge in [0.1, 0.15) is 19.8 Å². The van der Waals surface area contributed by atoms with Crippen LogP contribution in [0.25, 0.3) is 0 Å². The van der Waals surface area contributed by atoms with Crippen LogP contribution < -0.4 is 0 Å². The molecule has 0 bridgehead atoms. The second-order valence-electron chi connectivity index (χ2n) is 17.5. The van der Waals surface area contributed by atoms with Crippen LogP contribution in [0.2, 0.25) is 0 Å². The highest BCUT2D eigenvalue weighted by Gasteiger charge is 2.27. The molecule has 1 N–H and O–H groups in total. The minimum Gasteiger partial charge on any atom is -0.462 e. The lowest BCUT2D eigenvalue weighted by molar-refractivity contribution is -0.870. The average molecular weight is 843 g/mol. The van der Waals surface area contributed by atoms with Crippen molar-refractivity contribution in [3.8, 4) is 0 Å². The van der Waals surface area contributed by atoms with Crippen molar-refractivity contribution in [2.24, 2.45) is 0 Å². The lowest BCUT2D eigenvalue weighted by Crippen LogP contribution is -2.37. The molecule has 10 heteroatoms. The van der Waals surface area contributed by atoms with E-state index in [2.05, 4.69) is 38.2 Å². The van der Waals surface area contributed by atoms with Gasteiger partial charge >= 0.3 is 19.8 Å². The Morgan fingerprint density at radius 3 is 1.29 bits per heavy atom. The normalized spacial score (nSPS) is 13.7. The molecule has 0 radical (unpaired) electrons. The van der Waals surface area contributed by atoms with Crippen molar-refractivity contribution in [3.63, 3.8) is 0 Å². The first-order chi connectivity index (χ1) is 28.0. The summed E-state index contributed by atoms with van der Waals surface area (Å²) < 4.78 is 34.4. The number of phosphoric acid groups is 1. The van der Waals surface area contributed by atoms with Gasteiger partial charge in [0.2, 0.25) is 0 Å². The van der Waals surface area contributed by atoms with E-state index in [0.717, 1.165) is 51.4 Å². The van der Waals surface area contributed by atoms with Crippen molar-refractivity contribution in [3.05, 3.63) is 24.3 Å². The van der Waals surface area contributed by atoms with Crippen molar-refractivity contribution in [1.82, 2.24) is 0 Å². The summed E-state index contributed by atoms with van der Waals surface area (Å²) in [5, 5.41) is 0. The van der Waals surface area contributed by atoms with Gasteiger partial charge < -0.3 is 18.9 Å². The van der Waals surface area contributed by atoms with Crippen LogP contribution >= 0.6 is 7.82 Å². The van der Waals surface area contributed by atoms with Crippen LogP contribution in [-0.4, -0.2) is 74.9 Å². The summed E-state index contributed by atoms with van der Waals surface area (Å²) in [7, 11) is 1.48. The van der Waals surface area contributed by atoms with Crippen molar-refractivity contribution in [1.29, 1.82) is 0 Å². The number of phosphoric ester groups is 1. The van der Waals surface area contributed by atoms with E-state index in [-0.39, 0.29) is 32.0 Å². The third-order valence-corrected chi connectivity index (χ3v) is 11.4. The van der Waals surface area contributed by atoms with Gasteiger partial charge in [-0.3, -0.25) is 18.6 Å². The zero-order chi connectivity index (χ0) is 42.8. The van der Waals surface area contributed by atoms with E-state index in [1.165, 1.54) is 135 Å². The Balaban J connectivity index is 4.23. The Morgan fingerprint density at radius 1 is 0.517 bits per heavy atom. The Morgan fingerprint density at radius 2 is 0.879 bits per heavy atom. The maximum absolute atomic E-state index is 12.7. The molecule has 0 aromatic carbocycles. The van der Waals surface area contributed by atoms with E-state index < -0.39 is 26.5 Å². The lowest BCUT2D eigenvalue weighted by atomic mass is 10.0. The number of unbranched alkanes of at least 4 members (excludes halogenated alkanes) is 26. The Hall–Kier alpha value is -1.51. The molecule has 0 saturated heterocycles. The molecule has 1 unspecified atom stereocenters. The summed E-state index contributed by atoms with van der Waals surface area (Å²) in [5.41, 5.74) is 0. The van der Waals surface area contributed by atoms with Gasteiger partial charge in [-0.15, -0.1) is 0 Å². The number of carbonyl (C=O) groups excluding carboxylic acids is 2. The third-order valence-electron chi connectivity index (χ3n) is 10.5. The van der Waals surface area contributed by atoms with Gasteiger partial charge in [0.25, 0.3) is 0 Å². The van der Waals surface area contributed by atoms with Gasteiger partial charge in [-0.05, 0) is 64.2 Å². The predicted molar refractivity (Wildman–Crippen MR) is 243 cm³/mol. The fraction of sp³-hybridized carbons (Fsp3) is 0.875. The minimum absolute atomic E-state index is 0.0315. The lowest BCUT2D eigenvalue weighted by Gasteiger charge is -2.24. The van der Waals surface area contributed by atoms with Gasteiger partial charge in [0.15, 0.2) is 6.10 Å². The van der Waals surface area contributed by atoms with Crippen LogP contribution in [-0.2, 0) is 32.7 Å². The first-order valence-corrected chi connectivity index (χ1v) is 25.6. The van der Waals surface area contributed by atoms with E-state index in [4.69, 9.17) is 18.5 Å². The SMILES string of the molecule is CCCCCC/C=C/CCCCCCCC(=O)O[C@@H](COC(=O)CCCCCCCCCCCCC/C=C/CCCCCCCC)COP(=O)(O)OCC[N+](C)(C)C. The molecule has 9 nitrogen and oxygen atoms in total. The second-order valence-corrected chi connectivity index (χ2v) is 18.9. The topological polar surface area (TPSA) is 108 Å². The minimum atomic E-state index is -4.37. The van der Waals surface area contributed by atoms with Gasteiger partial charge in [-0.2, -0.15) is 0 Å². The molecule has 0 amide bonds. The smallest absolute Gasteiger partial charge is 0.462 e. The number of likely N-dealkylation sites (N-methyl/N-ethyl adjacent to an activating group) is 1. The van der Waals surface area contributed by atoms with E-state index in [1.807, 2.05) is 21.1 Å². The first-order valence-electron chi connectivity index (χ1n) is 24.1. The van der Waals surface area contributed by atoms with Crippen molar-refractivity contribution >= 4 is 19.8 Å². The molecular weight excluding hydrogens is 750 g/mol. The fourth-order valence-corrected chi connectivity index (χ4v) is 7.39. The second kappa shape index (κ2) is 40.9. The number of nitrogens with zero attached hydrogens (tertiary/aromatic N) is 1. The van der Waals surface area contributed by atoms with Crippen LogP contribution in [0.1, 0.15) is 219 Å². The van der Waals surface area contributed by atoms with Crippen molar-refractivity contribution in [2.75, 3.05) is 47.5 Å². The molecule has 0 aliphatic carbocycles. The Bertz CT molecular complexity index is 1040. The van der Waals surface area contributed by atoms with E-state index in [0.29, 0.717) is 17.4 Å². The van der Waals surface area contributed by atoms with Crippen molar-refractivity contribution in [2.45, 2.75) is 225 Å². The Labute approximate surface area is 358 Å². The quantitative estimate of drug-likeness (QED) is 0.0212. The van der Waals surface area contributed by atoms with Gasteiger partial charge in [0, 0.05) is 12.8 Å². The fourth-order valence-electron chi connectivity index (χ4n) is 6.65. The van der Waals surface area contributed by atoms with Gasteiger partial charge in [-0.25, -0.2) is 4.57 Å². The summed E-state index contributed by atoms with van der Waals surface area (Å²) >= 11 is 0. The highest BCUT2D eigenvalue weighted by molar-refractivity contribution is 7.47. The van der Waals surface area contributed by atoms with Crippen LogP contribution in [0, 0.1) is 0 Å². The molecule has 0 spiro atoms. The van der Waals surface area contributed by atoms with E-state index in [1.54, 1.807) is 0 Å². The monoisotopic (exact) mass is 843 g/mol. The number of ether oxygens (including phenoxy) is 2. The molecule has 0 aromatic heterocycles. The zero-order valence-electron chi connectivity index (χ0n) is 38.5. The summed E-state index contributed by atoms with van der Waals surface area (Å²) in [5.74, 6) is -0.803.